The largest absolute Gasteiger partial charge is 0.248 e. The van der Waals surface area contributed by atoms with Gasteiger partial charge < -0.3 is 0 Å². The van der Waals surface area contributed by atoms with E-state index in [0.29, 0.717) is 0 Å². The maximum absolute atomic E-state index is 3.75. The van der Waals surface area contributed by atoms with Crippen LogP contribution in [0.25, 0.3) is 12.4 Å². The van der Waals surface area contributed by atoms with Crippen LogP contribution in [0.4, 0.5) is 0 Å². The molecule has 0 saturated heterocycles. The Morgan fingerprint density at radius 3 is 1.45 bits per heavy atom. The molecule has 0 fully saturated rings. The summed E-state index contributed by atoms with van der Waals surface area (Å²) in [5.41, 5.74) is 0. The fourth-order valence-electron chi connectivity index (χ4n) is 2.60. The molecule has 0 unspecified atom stereocenters. The van der Waals surface area contributed by atoms with Gasteiger partial charge >= 0.3 is 0 Å². The van der Waals surface area contributed by atoms with Crippen LogP contribution in [0.2, 0.25) is 0 Å². The van der Waals surface area contributed by atoms with Gasteiger partial charge in [0.1, 0.15) is 24.8 Å². The second-order valence-electron chi connectivity index (χ2n) is 5.68. The van der Waals surface area contributed by atoms with Gasteiger partial charge in [0.15, 0.2) is 0 Å². The third kappa shape index (κ3) is 5.35. The topological polar surface area (TPSA) is 17.6 Å². The molecular formula is C18H28N4+2. The molecule has 0 spiro atoms. The van der Waals surface area contributed by atoms with Crippen molar-refractivity contribution in [3.63, 3.8) is 0 Å². The van der Waals surface area contributed by atoms with Crippen LogP contribution in [0.1, 0.15) is 38.5 Å². The Kier molecular flexibility index (Phi) is 6.68. The first kappa shape index (κ1) is 16.3. The third-order valence-corrected chi connectivity index (χ3v) is 3.93. The van der Waals surface area contributed by atoms with Crippen LogP contribution in [0.3, 0.4) is 0 Å². The van der Waals surface area contributed by atoms with Crippen molar-refractivity contribution in [1.82, 2.24) is 9.13 Å². The van der Waals surface area contributed by atoms with Gasteiger partial charge in [-0.05, 0) is 25.7 Å². The number of unbranched alkanes of at least 4 members (excludes halogenated alkanes) is 5. The first-order chi connectivity index (χ1) is 10.8. The number of nitrogens with zero attached hydrogens (tertiary/aromatic N) is 4. The van der Waals surface area contributed by atoms with Crippen LogP contribution < -0.4 is 9.13 Å². The van der Waals surface area contributed by atoms with Gasteiger partial charge in [0.05, 0.1) is 25.5 Å². The van der Waals surface area contributed by atoms with Gasteiger partial charge in [-0.25, -0.2) is 18.3 Å². The standard InChI is InChI=1S/C18H28N4/c1-3-19-13-15-21(17-19)11-9-7-5-6-8-10-12-22-16-14-20(4-2)18-22/h3-4,13-18H,1-2,5-12H2/q+2. The fraction of sp³-hybridized carbons (Fsp3) is 0.444. The Bertz CT molecular complexity index is 527. The average Bonchev–Trinajstić information content (AvgIpc) is 3.18. The lowest BCUT2D eigenvalue weighted by atomic mass is 10.1. The van der Waals surface area contributed by atoms with Crippen molar-refractivity contribution < 1.29 is 9.13 Å². The lowest BCUT2D eigenvalue weighted by molar-refractivity contribution is -0.696. The van der Waals surface area contributed by atoms with Crippen LogP contribution >= 0.6 is 0 Å². The molecule has 0 N–H and O–H groups in total. The van der Waals surface area contributed by atoms with Crippen LogP contribution in [-0.4, -0.2) is 9.13 Å². The van der Waals surface area contributed by atoms with Gasteiger partial charge in [-0.2, -0.15) is 0 Å². The molecule has 0 bridgehead atoms. The summed E-state index contributed by atoms with van der Waals surface area (Å²) in [5, 5.41) is 0. The lowest BCUT2D eigenvalue weighted by Crippen LogP contribution is -2.30. The van der Waals surface area contributed by atoms with Crippen molar-refractivity contribution in [2.24, 2.45) is 0 Å². The molecule has 2 aromatic heterocycles. The van der Waals surface area contributed by atoms with Crippen molar-refractivity contribution in [1.29, 1.82) is 0 Å². The Morgan fingerprint density at radius 2 is 1.09 bits per heavy atom. The highest BCUT2D eigenvalue weighted by atomic mass is 15.1. The highest BCUT2D eigenvalue weighted by molar-refractivity contribution is 5.13. The Morgan fingerprint density at radius 1 is 0.682 bits per heavy atom. The zero-order chi connectivity index (χ0) is 15.6. The van der Waals surface area contributed by atoms with Crippen LogP contribution in [0, 0.1) is 0 Å². The van der Waals surface area contributed by atoms with E-state index < -0.39 is 0 Å². The zero-order valence-corrected chi connectivity index (χ0v) is 13.5. The molecule has 0 radical (unpaired) electrons. The molecular weight excluding hydrogens is 272 g/mol. The molecule has 0 aromatic carbocycles. The Hall–Kier alpha value is -2.10. The van der Waals surface area contributed by atoms with Gasteiger partial charge in [-0.1, -0.05) is 26.0 Å². The van der Waals surface area contributed by atoms with E-state index in [9.17, 15) is 0 Å². The third-order valence-electron chi connectivity index (χ3n) is 3.93. The lowest BCUT2D eigenvalue weighted by Gasteiger charge is -2.00. The van der Waals surface area contributed by atoms with Crippen molar-refractivity contribution in [3.05, 3.63) is 50.6 Å². The Balaban J connectivity index is 1.47. The van der Waals surface area contributed by atoms with Crippen molar-refractivity contribution >= 4 is 12.4 Å². The second kappa shape index (κ2) is 9.03. The summed E-state index contributed by atoms with van der Waals surface area (Å²) < 4.78 is 8.42. The molecule has 4 nitrogen and oxygen atoms in total. The van der Waals surface area contributed by atoms with Gasteiger partial charge in [-0.15, -0.1) is 0 Å². The van der Waals surface area contributed by atoms with Crippen molar-refractivity contribution in [2.75, 3.05) is 0 Å². The zero-order valence-electron chi connectivity index (χ0n) is 13.5. The van der Waals surface area contributed by atoms with E-state index in [2.05, 4.69) is 47.3 Å². The minimum atomic E-state index is 1.10. The molecule has 0 aliphatic heterocycles. The first-order valence-corrected chi connectivity index (χ1v) is 8.20. The number of imidazole rings is 2. The molecule has 2 heterocycles. The number of rotatable bonds is 11. The molecule has 4 heteroatoms. The van der Waals surface area contributed by atoms with Crippen LogP contribution in [-0.2, 0) is 13.1 Å². The molecule has 0 amide bonds. The van der Waals surface area contributed by atoms with E-state index >= 15 is 0 Å². The normalized spacial score (nSPS) is 10.7. The average molecular weight is 300 g/mol. The quantitative estimate of drug-likeness (QED) is 0.448. The summed E-state index contributed by atoms with van der Waals surface area (Å²) in [6.07, 6.45) is 23.9. The fourth-order valence-corrected chi connectivity index (χ4v) is 2.60. The van der Waals surface area contributed by atoms with E-state index in [1.807, 2.05) is 33.9 Å². The monoisotopic (exact) mass is 300 g/mol. The SMILES string of the molecule is C=Cn1cc[n+](CCCCCCCC[n+]2ccn(C=C)c2)c1. The highest BCUT2D eigenvalue weighted by Crippen LogP contribution is 2.05. The first-order valence-electron chi connectivity index (χ1n) is 8.20. The predicted octanol–water partition coefficient (Wildman–Crippen LogP) is 3.11. The van der Waals surface area contributed by atoms with E-state index in [-0.39, 0.29) is 0 Å². The summed E-state index contributed by atoms with van der Waals surface area (Å²) in [5.74, 6) is 0. The molecule has 2 rings (SSSR count). The molecule has 22 heavy (non-hydrogen) atoms. The van der Waals surface area contributed by atoms with Gasteiger partial charge in [0.25, 0.3) is 0 Å². The van der Waals surface area contributed by atoms with Crippen LogP contribution in [0.15, 0.2) is 50.6 Å². The van der Waals surface area contributed by atoms with Crippen molar-refractivity contribution in [3.8, 4) is 0 Å². The maximum Gasteiger partial charge on any atom is 0.248 e. The smallest absolute Gasteiger partial charge is 0.236 e. The molecule has 0 atom stereocenters. The number of aromatic nitrogens is 4. The van der Waals surface area contributed by atoms with E-state index in [1.54, 1.807) is 0 Å². The second-order valence-corrected chi connectivity index (χ2v) is 5.68. The molecule has 0 saturated carbocycles. The summed E-state index contributed by atoms with van der Waals surface area (Å²) in [6.45, 7) is 9.71. The number of aryl methyl sites for hydroxylation is 2. The minimum Gasteiger partial charge on any atom is -0.236 e. The molecule has 2 aromatic rings. The summed E-state index contributed by atoms with van der Waals surface area (Å²) >= 11 is 0. The minimum absolute atomic E-state index is 1.10. The van der Waals surface area contributed by atoms with E-state index in [0.717, 1.165) is 13.1 Å². The number of hydrogen-bond acceptors (Lipinski definition) is 0. The van der Waals surface area contributed by atoms with Gasteiger partial charge in [-0.3, -0.25) is 0 Å². The summed E-state index contributed by atoms with van der Waals surface area (Å²) in [6, 6.07) is 0. The molecule has 0 aliphatic carbocycles. The van der Waals surface area contributed by atoms with Gasteiger partial charge in [0.2, 0.25) is 12.7 Å². The Labute approximate surface area is 133 Å². The highest BCUT2D eigenvalue weighted by Gasteiger charge is 2.02. The summed E-state index contributed by atoms with van der Waals surface area (Å²) in [4.78, 5) is 0. The van der Waals surface area contributed by atoms with E-state index in [4.69, 9.17) is 0 Å². The van der Waals surface area contributed by atoms with E-state index in [1.165, 1.54) is 38.5 Å². The van der Waals surface area contributed by atoms with Crippen molar-refractivity contribution in [2.45, 2.75) is 51.6 Å². The maximum atomic E-state index is 3.75. The number of hydrogen-bond donors (Lipinski definition) is 0. The predicted molar refractivity (Wildman–Crippen MR) is 89.7 cm³/mol. The summed E-state index contributed by atoms with van der Waals surface area (Å²) in [7, 11) is 0. The van der Waals surface area contributed by atoms with Crippen LogP contribution in [0.5, 0.6) is 0 Å². The van der Waals surface area contributed by atoms with Gasteiger partial charge in [0, 0.05) is 0 Å². The molecule has 0 aliphatic rings. The molecule has 118 valence electrons.